The quantitative estimate of drug-likeness (QED) is 0.810. The molecule has 1 atom stereocenters. The number of rotatable bonds is 2. The summed E-state index contributed by atoms with van der Waals surface area (Å²) in [4.78, 5) is 11.8. The van der Waals surface area contributed by atoms with E-state index in [4.69, 9.17) is 0 Å². The van der Waals surface area contributed by atoms with Crippen LogP contribution in [0, 0.1) is 12.8 Å². The molecule has 86 valence electrons. The van der Waals surface area contributed by atoms with Gasteiger partial charge in [0.05, 0.1) is 0 Å². The second-order valence-corrected chi connectivity index (χ2v) is 4.68. The van der Waals surface area contributed by atoms with E-state index < -0.39 is 0 Å². The molecular formula is C14H19NO. The van der Waals surface area contributed by atoms with E-state index in [0.717, 1.165) is 32.2 Å². The van der Waals surface area contributed by atoms with Gasteiger partial charge in [0.1, 0.15) is 0 Å². The summed E-state index contributed by atoms with van der Waals surface area (Å²) in [5.41, 5.74) is 2.55. The highest BCUT2D eigenvalue weighted by Crippen LogP contribution is 2.18. The summed E-state index contributed by atoms with van der Waals surface area (Å²) in [6.07, 6.45) is 4.19. The Balaban J connectivity index is 2.05. The van der Waals surface area contributed by atoms with Gasteiger partial charge in [0.25, 0.3) is 0 Å². The molecule has 1 aromatic carbocycles. The standard InChI is InChI=1S/C14H19NO/c1-11-5-4-6-12(9-11)10-13-7-2-3-8-15-14(13)16/h4-6,9,13H,2-3,7-8,10H2,1H3,(H,15,16). The monoisotopic (exact) mass is 217 g/mol. The molecule has 1 fully saturated rings. The first-order valence-electron chi connectivity index (χ1n) is 6.09. The van der Waals surface area contributed by atoms with E-state index in [0.29, 0.717) is 0 Å². The van der Waals surface area contributed by atoms with Crippen LogP contribution < -0.4 is 5.32 Å². The number of amides is 1. The third-order valence-electron chi connectivity index (χ3n) is 3.21. The van der Waals surface area contributed by atoms with Crippen molar-refractivity contribution in [2.45, 2.75) is 32.6 Å². The molecule has 0 radical (unpaired) electrons. The Morgan fingerprint density at radius 3 is 3.06 bits per heavy atom. The van der Waals surface area contributed by atoms with Gasteiger partial charge in [-0.05, 0) is 31.7 Å². The SMILES string of the molecule is Cc1cccc(CC2CCCCNC2=O)c1. The number of carbonyl (C=O) groups excluding carboxylic acids is 1. The molecule has 1 N–H and O–H groups in total. The first-order valence-corrected chi connectivity index (χ1v) is 6.09. The van der Waals surface area contributed by atoms with E-state index in [2.05, 4.69) is 36.5 Å². The smallest absolute Gasteiger partial charge is 0.223 e. The minimum Gasteiger partial charge on any atom is -0.356 e. The van der Waals surface area contributed by atoms with Crippen LogP contribution in [0.2, 0.25) is 0 Å². The van der Waals surface area contributed by atoms with Gasteiger partial charge in [-0.25, -0.2) is 0 Å². The largest absolute Gasteiger partial charge is 0.356 e. The number of nitrogens with one attached hydrogen (secondary N) is 1. The van der Waals surface area contributed by atoms with Crippen molar-refractivity contribution in [3.63, 3.8) is 0 Å². The molecule has 2 nitrogen and oxygen atoms in total. The number of hydrogen-bond donors (Lipinski definition) is 1. The predicted molar refractivity (Wildman–Crippen MR) is 65.2 cm³/mol. The molecule has 0 spiro atoms. The summed E-state index contributed by atoms with van der Waals surface area (Å²) < 4.78 is 0. The Kier molecular flexibility index (Phi) is 3.60. The molecule has 2 heteroatoms. The Hall–Kier alpha value is -1.31. The maximum atomic E-state index is 11.8. The minimum atomic E-state index is 0.171. The molecule has 1 aliphatic heterocycles. The van der Waals surface area contributed by atoms with Gasteiger partial charge in [0.2, 0.25) is 5.91 Å². The van der Waals surface area contributed by atoms with Gasteiger partial charge >= 0.3 is 0 Å². The highest BCUT2D eigenvalue weighted by atomic mass is 16.1. The fourth-order valence-corrected chi connectivity index (χ4v) is 2.32. The maximum absolute atomic E-state index is 11.8. The summed E-state index contributed by atoms with van der Waals surface area (Å²) >= 11 is 0. The Bertz CT molecular complexity index is 373. The first-order chi connectivity index (χ1) is 7.75. The van der Waals surface area contributed by atoms with Crippen molar-refractivity contribution >= 4 is 5.91 Å². The van der Waals surface area contributed by atoms with Crippen molar-refractivity contribution in [1.82, 2.24) is 5.32 Å². The van der Waals surface area contributed by atoms with E-state index in [-0.39, 0.29) is 11.8 Å². The fraction of sp³-hybridized carbons (Fsp3) is 0.500. The highest BCUT2D eigenvalue weighted by molar-refractivity contribution is 5.79. The van der Waals surface area contributed by atoms with Crippen LogP contribution in [0.5, 0.6) is 0 Å². The molecule has 2 rings (SSSR count). The number of aryl methyl sites for hydroxylation is 1. The van der Waals surface area contributed by atoms with Crippen LogP contribution in [-0.4, -0.2) is 12.5 Å². The van der Waals surface area contributed by atoms with Gasteiger partial charge < -0.3 is 5.32 Å². The summed E-state index contributed by atoms with van der Waals surface area (Å²) in [5.74, 6) is 0.406. The fourth-order valence-electron chi connectivity index (χ4n) is 2.32. The highest BCUT2D eigenvalue weighted by Gasteiger charge is 2.20. The van der Waals surface area contributed by atoms with Gasteiger partial charge in [-0.2, -0.15) is 0 Å². The second kappa shape index (κ2) is 5.15. The van der Waals surface area contributed by atoms with Gasteiger partial charge in [0.15, 0.2) is 0 Å². The molecular weight excluding hydrogens is 198 g/mol. The van der Waals surface area contributed by atoms with E-state index in [9.17, 15) is 4.79 Å². The molecule has 0 saturated carbocycles. The summed E-state index contributed by atoms with van der Waals surface area (Å²) in [7, 11) is 0. The van der Waals surface area contributed by atoms with Crippen LogP contribution in [0.4, 0.5) is 0 Å². The zero-order chi connectivity index (χ0) is 11.4. The molecule has 1 saturated heterocycles. The summed E-state index contributed by atoms with van der Waals surface area (Å²) in [6, 6.07) is 8.46. The summed E-state index contributed by atoms with van der Waals surface area (Å²) in [5, 5.41) is 2.99. The number of hydrogen-bond acceptors (Lipinski definition) is 1. The Morgan fingerprint density at radius 1 is 1.38 bits per heavy atom. The van der Waals surface area contributed by atoms with Crippen molar-refractivity contribution in [3.8, 4) is 0 Å². The van der Waals surface area contributed by atoms with Gasteiger partial charge in [-0.3, -0.25) is 4.79 Å². The van der Waals surface area contributed by atoms with E-state index in [1.54, 1.807) is 0 Å². The Labute approximate surface area is 97.1 Å². The van der Waals surface area contributed by atoms with Crippen molar-refractivity contribution < 1.29 is 4.79 Å². The van der Waals surface area contributed by atoms with Crippen LogP contribution >= 0.6 is 0 Å². The van der Waals surface area contributed by atoms with Gasteiger partial charge in [-0.15, -0.1) is 0 Å². The van der Waals surface area contributed by atoms with Crippen LogP contribution in [0.3, 0.4) is 0 Å². The second-order valence-electron chi connectivity index (χ2n) is 4.68. The zero-order valence-corrected chi connectivity index (χ0v) is 9.83. The zero-order valence-electron chi connectivity index (χ0n) is 9.83. The first kappa shape index (κ1) is 11.2. The van der Waals surface area contributed by atoms with E-state index >= 15 is 0 Å². The molecule has 1 aliphatic rings. The minimum absolute atomic E-state index is 0.171. The van der Waals surface area contributed by atoms with E-state index in [1.807, 2.05) is 0 Å². The van der Waals surface area contributed by atoms with Crippen LogP contribution in [0.15, 0.2) is 24.3 Å². The van der Waals surface area contributed by atoms with Crippen molar-refractivity contribution in [1.29, 1.82) is 0 Å². The molecule has 16 heavy (non-hydrogen) atoms. The lowest BCUT2D eigenvalue weighted by atomic mass is 9.94. The molecule has 0 aromatic heterocycles. The molecule has 1 unspecified atom stereocenters. The normalized spacial score (nSPS) is 21.3. The van der Waals surface area contributed by atoms with Crippen molar-refractivity contribution in [2.24, 2.45) is 5.92 Å². The van der Waals surface area contributed by atoms with Crippen molar-refractivity contribution in [3.05, 3.63) is 35.4 Å². The molecule has 1 heterocycles. The third kappa shape index (κ3) is 2.84. The lowest BCUT2D eigenvalue weighted by Gasteiger charge is -2.13. The van der Waals surface area contributed by atoms with Crippen LogP contribution in [-0.2, 0) is 11.2 Å². The predicted octanol–water partition coefficient (Wildman–Crippen LogP) is 2.45. The molecule has 0 bridgehead atoms. The molecule has 0 aliphatic carbocycles. The maximum Gasteiger partial charge on any atom is 0.223 e. The lowest BCUT2D eigenvalue weighted by Crippen LogP contribution is -2.30. The average Bonchev–Trinajstić information content (AvgIpc) is 2.45. The third-order valence-corrected chi connectivity index (χ3v) is 3.21. The topological polar surface area (TPSA) is 29.1 Å². The van der Waals surface area contributed by atoms with Crippen LogP contribution in [0.1, 0.15) is 30.4 Å². The number of benzene rings is 1. The molecule has 1 amide bonds. The lowest BCUT2D eigenvalue weighted by molar-refractivity contribution is -0.124. The number of carbonyl (C=O) groups is 1. The van der Waals surface area contributed by atoms with Crippen molar-refractivity contribution in [2.75, 3.05) is 6.54 Å². The molecule has 1 aromatic rings. The average molecular weight is 217 g/mol. The van der Waals surface area contributed by atoms with Gasteiger partial charge in [0, 0.05) is 12.5 Å². The Morgan fingerprint density at radius 2 is 2.25 bits per heavy atom. The van der Waals surface area contributed by atoms with E-state index in [1.165, 1.54) is 11.1 Å². The van der Waals surface area contributed by atoms with Gasteiger partial charge in [-0.1, -0.05) is 36.2 Å². The summed E-state index contributed by atoms with van der Waals surface area (Å²) in [6.45, 7) is 2.94. The van der Waals surface area contributed by atoms with Crippen LogP contribution in [0.25, 0.3) is 0 Å².